The summed E-state index contributed by atoms with van der Waals surface area (Å²) in [5, 5.41) is 0.387. The fourth-order valence-electron chi connectivity index (χ4n) is 1.20. The first-order chi connectivity index (χ1) is 7.19. The SMILES string of the molecule is C=CCN(CC)C(=O)c1ccc(Cl)nc1. The van der Waals surface area contributed by atoms with Gasteiger partial charge in [0.15, 0.2) is 0 Å². The fourth-order valence-corrected chi connectivity index (χ4v) is 1.31. The van der Waals surface area contributed by atoms with Crippen LogP contribution >= 0.6 is 11.6 Å². The molecule has 1 amide bonds. The fraction of sp³-hybridized carbons (Fsp3) is 0.273. The molecule has 0 bridgehead atoms. The molecule has 1 aromatic heterocycles. The molecule has 0 saturated carbocycles. The zero-order valence-electron chi connectivity index (χ0n) is 8.61. The molecule has 4 heteroatoms. The van der Waals surface area contributed by atoms with Crippen LogP contribution in [0.1, 0.15) is 17.3 Å². The van der Waals surface area contributed by atoms with Crippen LogP contribution in [0.15, 0.2) is 31.0 Å². The number of amides is 1. The minimum atomic E-state index is -0.0541. The smallest absolute Gasteiger partial charge is 0.255 e. The van der Waals surface area contributed by atoms with Gasteiger partial charge in [0, 0.05) is 19.3 Å². The van der Waals surface area contributed by atoms with E-state index < -0.39 is 0 Å². The lowest BCUT2D eigenvalue weighted by atomic mass is 10.2. The van der Waals surface area contributed by atoms with Crippen molar-refractivity contribution in [1.82, 2.24) is 9.88 Å². The van der Waals surface area contributed by atoms with Crippen LogP contribution in [0.5, 0.6) is 0 Å². The number of likely N-dealkylation sites (N-methyl/N-ethyl adjacent to an activating group) is 1. The summed E-state index contributed by atoms with van der Waals surface area (Å²) in [6.45, 7) is 6.72. The van der Waals surface area contributed by atoms with Gasteiger partial charge in [-0.3, -0.25) is 4.79 Å². The maximum absolute atomic E-state index is 11.9. The van der Waals surface area contributed by atoms with Crippen molar-refractivity contribution in [2.75, 3.05) is 13.1 Å². The van der Waals surface area contributed by atoms with E-state index in [0.717, 1.165) is 0 Å². The number of halogens is 1. The Morgan fingerprint density at radius 3 is 2.87 bits per heavy atom. The predicted molar refractivity (Wildman–Crippen MR) is 61.0 cm³/mol. The number of rotatable bonds is 4. The highest BCUT2D eigenvalue weighted by Crippen LogP contribution is 2.08. The minimum absolute atomic E-state index is 0.0541. The molecule has 0 radical (unpaired) electrons. The summed E-state index contributed by atoms with van der Waals surface area (Å²) in [7, 11) is 0. The number of carbonyl (C=O) groups is 1. The Hall–Kier alpha value is -1.35. The van der Waals surface area contributed by atoms with Gasteiger partial charge in [-0.1, -0.05) is 17.7 Å². The number of pyridine rings is 1. The lowest BCUT2D eigenvalue weighted by Crippen LogP contribution is -2.30. The Kier molecular flexibility index (Phi) is 4.31. The van der Waals surface area contributed by atoms with Gasteiger partial charge in [-0.05, 0) is 19.1 Å². The normalized spacial score (nSPS) is 9.73. The van der Waals surface area contributed by atoms with Crippen molar-refractivity contribution in [3.8, 4) is 0 Å². The summed E-state index contributed by atoms with van der Waals surface area (Å²) < 4.78 is 0. The lowest BCUT2D eigenvalue weighted by Gasteiger charge is -2.18. The van der Waals surface area contributed by atoms with E-state index in [4.69, 9.17) is 11.6 Å². The summed E-state index contributed by atoms with van der Waals surface area (Å²) in [6, 6.07) is 3.28. The zero-order valence-corrected chi connectivity index (χ0v) is 9.37. The number of hydrogen-bond acceptors (Lipinski definition) is 2. The molecule has 0 aliphatic heterocycles. The average Bonchev–Trinajstić information content (AvgIpc) is 2.26. The van der Waals surface area contributed by atoms with Gasteiger partial charge in [0.25, 0.3) is 5.91 Å². The molecule has 0 N–H and O–H groups in total. The first-order valence-electron chi connectivity index (χ1n) is 4.70. The molecule has 0 atom stereocenters. The maximum atomic E-state index is 11.9. The topological polar surface area (TPSA) is 33.2 Å². The average molecular weight is 225 g/mol. The van der Waals surface area contributed by atoms with Gasteiger partial charge in [0.1, 0.15) is 5.15 Å². The number of carbonyl (C=O) groups excluding carboxylic acids is 1. The Morgan fingerprint density at radius 2 is 2.40 bits per heavy atom. The third kappa shape index (κ3) is 3.06. The van der Waals surface area contributed by atoms with Gasteiger partial charge >= 0.3 is 0 Å². The van der Waals surface area contributed by atoms with Crippen LogP contribution in [0.3, 0.4) is 0 Å². The second-order valence-electron chi connectivity index (χ2n) is 3.00. The molecule has 0 aliphatic rings. The van der Waals surface area contributed by atoms with Crippen molar-refractivity contribution >= 4 is 17.5 Å². The Morgan fingerprint density at radius 1 is 1.67 bits per heavy atom. The summed E-state index contributed by atoms with van der Waals surface area (Å²) in [6.07, 6.45) is 3.18. The van der Waals surface area contributed by atoms with Gasteiger partial charge in [0.05, 0.1) is 5.56 Å². The van der Waals surface area contributed by atoms with E-state index in [1.54, 1.807) is 23.1 Å². The van der Waals surface area contributed by atoms with Crippen molar-refractivity contribution in [2.24, 2.45) is 0 Å². The van der Waals surface area contributed by atoms with Crippen LogP contribution in [0.2, 0.25) is 5.15 Å². The first-order valence-corrected chi connectivity index (χ1v) is 5.08. The van der Waals surface area contributed by atoms with E-state index in [2.05, 4.69) is 11.6 Å². The van der Waals surface area contributed by atoms with Crippen molar-refractivity contribution in [1.29, 1.82) is 0 Å². The summed E-state index contributed by atoms with van der Waals surface area (Å²) in [4.78, 5) is 17.4. The van der Waals surface area contributed by atoms with E-state index in [9.17, 15) is 4.79 Å². The van der Waals surface area contributed by atoms with E-state index >= 15 is 0 Å². The number of nitrogens with zero attached hydrogens (tertiary/aromatic N) is 2. The number of hydrogen-bond donors (Lipinski definition) is 0. The van der Waals surface area contributed by atoms with Gasteiger partial charge in [-0.2, -0.15) is 0 Å². The Labute approximate surface area is 94.4 Å². The molecule has 1 rings (SSSR count). The first kappa shape index (κ1) is 11.7. The van der Waals surface area contributed by atoms with Gasteiger partial charge in [-0.15, -0.1) is 6.58 Å². The standard InChI is InChI=1S/C11H13ClN2O/c1-3-7-14(4-2)11(15)9-5-6-10(12)13-8-9/h3,5-6,8H,1,4,7H2,2H3. The third-order valence-electron chi connectivity index (χ3n) is 1.99. The lowest BCUT2D eigenvalue weighted by molar-refractivity contribution is 0.0781. The summed E-state index contributed by atoms with van der Waals surface area (Å²) in [5.41, 5.74) is 0.545. The third-order valence-corrected chi connectivity index (χ3v) is 2.22. The highest BCUT2D eigenvalue weighted by Gasteiger charge is 2.12. The molecule has 15 heavy (non-hydrogen) atoms. The van der Waals surface area contributed by atoms with Gasteiger partial charge in [-0.25, -0.2) is 4.98 Å². The van der Waals surface area contributed by atoms with Crippen LogP contribution in [0.25, 0.3) is 0 Å². The van der Waals surface area contributed by atoms with Crippen LogP contribution in [0, 0.1) is 0 Å². The quantitative estimate of drug-likeness (QED) is 0.581. The van der Waals surface area contributed by atoms with Crippen LogP contribution in [-0.4, -0.2) is 28.9 Å². The van der Waals surface area contributed by atoms with Crippen molar-refractivity contribution in [3.05, 3.63) is 41.7 Å². The molecule has 1 aromatic rings. The molecule has 0 unspecified atom stereocenters. The Bertz CT molecular complexity index is 348. The van der Waals surface area contributed by atoms with Gasteiger partial charge < -0.3 is 4.90 Å². The second kappa shape index (κ2) is 5.51. The molecule has 1 heterocycles. The Balaban J connectivity index is 2.82. The van der Waals surface area contributed by atoms with Crippen molar-refractivity contribution in [2.45, 2.75) is 6.92 Å². The van der Waals surface area contributed by atoms with Crippen LogP contribution < -0.4 is 0 Å². The summed E-state index contributed by atoms with van der Waals surface area (Å²) in [5.74, 6) is -0.0541. The highest BCUT2D eigenvalue weighted by molar-refractivity contribution is 6.29. The molecule has 80 valence electrons. The largest absolute Gasteiger partial charge is 0.335 e. The minimum Gasteiger partial charge on any atom is -0.335 e. The van der Waals surface area contributed by atoms with E-state index in [-0.39, 0.29) is 5.91 Å². The molecule has 0 spiro atoms. The summed E-state index contributed by atoms with van der Waals surface area (Å²) >= 11 is 5.64. The molecular weight excluding hydrogens is 212 g/mol. The molecule has 0 fully saturated rings. The van der Waals surface area contributed by atoms with Crippen molar-refractivity contribution < 1.29 is 4.79 Å². The molecule has 3 nitrogen and oxygen atoms in total. The van der Waals surface area contributed by atoms with E-state index in [1.165, 1.54) is 6.20 Å². The van der Waals surface area contributed by atoms with Crippen LogP contribution in [-0.2, 0) is 0 Å². The second-order valence-corrected chi connectivity index (χ2v) is 3.39. The highest BCUT2D eigenvalue weighted by atomic mass is 35.5. The number of aromatic nitrogens is 1. The van der Waals surface area contributed by atoms with Crippen LogP contribution in [0.4, 0.5) is 0 Å². The predicted octanol–water partition coefficient (Wildman–Crippen LogP) is 2.38. The van der Waals surface area contributed by atoms with E-state index in [1.807, 2.05) is 6.92 Å². The molecular formula is C11H13ClN2O. The van der Waals surface area contributed by atoms with E-state index in [0.29, 0.717) is 23.8 Å². The van der Waals surface area contributed by atoms with Crippen molar-refractivity contribution in [3.63, 3.8) is 0 Å². The van der Waals surface area contributed by atoms with Gasteiger partial charge in [0.2, 0.25) is 0 Å². The molecule has 0 aromatic carbocycles. The molecule has 0 saturated heterocycles. The monoisotopic (exact) mass is 224 g/mol. The maximum Gasteiger partial charge on any atom is 0.255 e. The molecule has 0 aliphatic carbocycles. The zero-order chi connectivity index (χ0) is 11.3.